The lowest BCUT2D eigenvalue weighted by Gasteiger charge is -2.32. The van der Waals surface area contributed by atoms with Crippen molar-refractivity contribution < 1.29 is 14.4 Å². The molecule has 1 radical (unpaired) electrons. The summed E-state index contributed by atoms with van der Waals surface area (Å²) >= 11 is 3.15. The number of hydrogen-bond acceptors (Lipinski definition) is 3. The number of fused-ring (bicyclic) bond motifs is 2. The lowest BCUT2D eigenvalue weighted by Crippen LogP contribution is -2.41. The number of furan rings is 1. The van der Waals surface area contributed by atoms with Gasteiger partial charge in [0.05, 0.1) is 16.4 Å². The quantitative estimate of drug-likeness (QED) is 0.604. The molecule has 0 aliphatic carbocycles. The lowest BCUT2D eigenvalue weighted by atomic mass is 9.90. The SMILES string of the molecule is CC1(C)c2cc3cc(C(=O)CBr)oc3cc2C(C)(C)N1[O]. The predicted molar refractivity (Wildman–Crippen MR) is 82.9 cm³/mol. The molecule has 0 fully saturated rings. The van der Waals surface area contributed by atoms with E-state index >= 15 is 0 Å². The van der Waals surface area contributed by atoms with Crippen LogP contribution < -0.4 is 0 Å². The maximum Gasteiger partial charge on any atom is 0.208 e. The highest BCUT2D eigenvalue weighted by molar-refractivity contribution is 9.09. The molecule has 0 amide bonds. The van der Waals surface area contributed by atoms with Crippen molar-refractivity contribution in [1.29, 1.82) is 0 Å². The fourth-order valence-electron chi connectivity index (χ4n) is 3.22. The number of halogens is 1. The van der Waals surface area contributed by atoms with E-state index in [1.165, 1.54) is 0 Å². The standard InChI is InChI=1S/C16H17BrNO3/c1-15(2)10-5-9-6-14(12(19)8-17)21-13(9)7-11(10)16(3,4)18(15)20/h5-7H,8H2,1-4H3. The van der Waals surface area contributed by atoms with E-state index in [-0.39, 0.29) is 11.1 Å². The van der Waals surface area contributed by atoms with E-state index in [9.17, 15) is 10.0 Å². The Kier molecular flexibility index (Phi) is 3.10. The molecule has 0 N–H and O–H groups in total. The summed E-state index contributed by atoms with van der Waals surface area (Å²) < 4.78 is 5.64. The second-order valence-corrected chi connectivity index (χ2v) is 7.08. The normalized spacial score (nSPS) is 19.9. The third-order valence-electron chi connectivity index (χ3n) is 4.39. The van der Waals surface area contributed by atoms with E-state index < -0.39 is 11.1 Å². The Balaban J connectivity index is 2.26. The zero-order valence-corrected chi connectivity index (χ0v) is 14.1. The van der Waals surface area contributed by atoms with Crippen molar-refractivity contribution in [3.05, 3.63) is 35.1 Å². The lowest BCUT2D eigenvalue weighted by molar-refractivity contribution is -0.266. The molecule has 2 heterocycles. The number of benzene rings is 1. The van der Waals surface area contributed by atoms with Crippen molar-refractivity contribution in [1.82, 2.24) is 5.06 Å². The van der Waals surface area contributed by atoms with Crippen molar-refractivity contribution in [3.8, 4) is 0 Å². The number of hydroxylamine groups is 2. The van der Waals surface area contributed by atoms with Crippen LogP contribution in [0.15, 0.2) is 22.6 Å². The Morgan fingerprint density at radius 1 is 1.14 bits per heavy atom. The highest BCUT2D eigenvalue weighted by Gasteiger charge is 2.50. The minimum atomic E-state index is -0.612. The van der Waals surface area contributed by atoms with Gasteiger partial charge in [0.15, 0.2) is 5.76 Å². The van der Waals surface area contributed by atoms with Gasteiger partial charge in [0.1, 0.15) is 5.58 Å². The average molecular weight is 351 g/mol. The highest BCUT2D eigenvalue weighted by Crippen LogP contribution is 2.49. The summed E-state index contributed by atoms with van der Waals surface area (Å²) in [5.41, 5.74) is 1.40. The smallest absolute Gasteiger partial charge is 0.208 e. The van der Waals surface area contributed by atoms with Gasteiger partial charge in [0, 0.05) is 5.39 Å². The Morgan fingerprint density at radius 3 is 2.29 bits per heavy atom. The van der Waals surface area contributed by atoms with Crippen LogP contribution in [0.2, 0.25) is 0 Å². The summed E-state index contributed by atoms with van der Waals surface area (Å²) in [5, 5.41) is 14.8. The second kappa shape index (κ2) is 4.41. The number of alkyl halides is 1. The van der Waals surface area contributed by atoms with Crippen LogP contribution in [0, 0.1) is 0 Å². The zero-order valence-electron chi connectivity index (χ0n) is 12.5. The fourth-order valence-corrected chi connectivity index (χ4v) is 3.50. The van der Waals surface area contributed by atoms with E-state index in [0.29, 0.717) is 11.3 Å². The first-order chi connectivity index (χ1) is 9.69. The molecule has 0 bridgehead atoms. The predicted octanol–water partition coefficient (Wildman–Crippen LogP) is 4.14. The largest absolute Gasteiger partial charge is 0.453 e. The minimum Gasteiger partial charge on any atom is -0.453 e. The number of ketones is 1. The molecule has 0 saturated carbocycles. The van der Waals surface area contributed by atoms with E-state index in [4.69, 9.17) is 4.42 Å². The van der Waals surface area contributed by atoms with E-state index in [1.807, 2.05) is 39.8 Å². The highest BCUT2D eigenvalue weighted by atomic mass is 79.9. The molecule has 1 aliphatic rings. The molecule has 1 aliphatic heterocycles. The van der Waals surface area contributed by atoms with Crippen LogP contribution in [0.3, 0.4) is 0 Å². The van der Waals surface area contributed by atoms with Crippen molar-refractivity contribution >= 4 is 32.7 Å². The number of carbonyl (C=O) groups excluding carboxylic acids is 1. The first kappa shape index (κ1) is 14.8. The van der Waals surface area contributed by atoms with Crippen LogP contribution in [0.25, 0.3) is 11.0 Å². The zero-order chi connectivity index (χ0) is 15.6. The molecule has 1 aromatic carbocycles. The number of carbonyl (C=O) groups is 1. The van der Waals surface area contributed by atoms with Crippen molar-refractivity contribution in [2.75, 3.05) is 5.33 Å². The van der Waals surface area contributed by atoms with Gasteiger partial charge in [-0.05, 0) is 57.0 Å². The maximum atomic E-state index is 12.6. The van der Waals surface area contributed by atoms with Gasteiger partial charge in [0.2, 0.25) is 5.78 Å². The number of nitrogens with zero attached hydrogens (tertiary/aromatic N) is 1. The summed E-state index contributed by atoms with van der Waals surface area (Å²) in [6.45, 7) is 7.66. The number of Topliss-reactive ketones (excluding diaryl/α,β-unsaturated/α-hetero) is 1. The molecule has 2 aromatic rings. The van der Waals surface area contributed by atoms with Crippen LogP contribution in [0.4, 0.5) is 0 Å². The van der Waals surface area contributed by atoms with Crippen LogP contribution in [0.5, 0.6) is 0 Å². The monoisotopic (exact) mass is 350 g/mol. The third-order valence-corrected chi connectivity index (χ3v) is 4.90. The molecule has 21 heavy (non-hydrogen) atoms. The molecule has 1 aromatic heterocycles. The van der Waals surface area contributed by atoms with E-state index in [0.717, 1.165) is 21.6 Å². The number of hydrogen-bond donors (Lipinski definition) is 0. The van der Waals surface area contributed by atoms with Crippen molar-refractivity contribution in [2.45, 2.75) is 38.8 Å². The van der Waals surface area contributed by atoms with Gasteiger partial charge in [-0.1, -0.05) is 15.9 Å². The fraction of sp³-hybridized carbons (Fsp3) is 0.438. The first-order valence-electron chi connectivity index (χ1n) is 6.85. The Bertz CT molecular complexity index is 692. The van der Waals surface area contributed by atoms with Crippen LogP contribution >= 0.6 is 15.9 Å². The Hall–Kier alpha value is -1.17. The number of rotatable bonds is 2. The first-order valence-corrected chi connectivity index (χ1v) is 7.97. The summed E-state index contributed by atoms with van der Waals surface area (Å²) in [4.78, 5) is 11.7. The van der Waals surface area contributed by atoms with Crippen molar-refractivity contribution in [2.24, 2.45) is 0 Å². The van der Waals surface area contributed by atoms with Crippen LogP contribution in [0.1, 0.15) is 49.4 Å². The summed E-state index contributed by atoms with van der Waals surface area (Å²) in [5.74, 6) is 0.260. The average Bonchev–Trinajstić information content (AvgIpc) is 2.91. The summed E-state index contributed by atoms with van der Waals surface area (Å²) in [7, 11) is 0. The van der Waals surface area contributed by atoms with Crippen molar-refractivity contribution in [3.63, 3.8) is 0 Å². The van der Waals surface area contributed by atoms with Gasteiger partial charge in [-0.3, -0.25) is 4.79 Å². The van der Waals surface area contributed by atoms with Gasteiger partial charge in [-0.25, -0.2) is 0 Å². The molecule has 0 atom stereocenters. The Morgan fingerprint density at radius 2 is 1.71 bits per heavy atom. The molecule has 3 rings (SSSR count). The molecule has 4 nitrogen and oxygen atoms in total. The summed E-state index contributed by atoms with van der Waals surface area (Å²) in [6.07, 6.45) is 0. The maximum absolute atomic E-state index is 12.6. The molecule has 0 unspecified atom stereocenters. The molecule has 0 spiro atoms. The van der Waals surface area contributed by atoms with Gasteiger partial charge >= 0.3 is 0 Å². The van der Waals surface area contributed by atoms with Gasteiger partial charge in [-0.15, -0.1) is 10.3 Å². The Labute approximate surface area is 131 Å². The topological polar surface area (TPSA) is 53.4 Å². The van der Waals surface area contributed by atoms with Crippen LogP contribution in [-0.4, -0.2) is 16.2 Å². The molecule has 5 heteroatoms. The minimum absolute atomic E-state index is 0.0877. The van der Waals surface area contributed by atoms with Gasteiger partial charge in [-0.2, -0.15) is 0 Å². The second-order valence-electron chi connectivity index (χ2n) is 6.52. The van der Waals surface area contributed by atoms with E-state index in [2.05, 4.69) is 15.9 Å². The van der Waals surface area contributed by atoms with Crippen LogP contribution in [-0.2, 0) is 16.3 Å². The van der Waals surface area contributed by atoms with E-state index in [1.54, 1.807) is 6.07 Å². The molecule has 111 valence electrons. The molecule has 0 saturated heterocycles. The molecular formula is C16H17BrNO3. The third kappa shape index (κ3) is 1.91. The van der Waals surface area contributed by atoms with Gasteiger partial charge in [0.25, 0.3) is 0 Å². The van der Waals surface area contributed by atoms with Gasteiger partial charge < -0.3 is 4.42 Å². The molecular weight excluding hydrogens is 334 g/mol. The summed E-state index contributed by atoms with van der Waals surface area (Å²) in [6, 6.07) is 5.61.